The molecule has 0 bridgehead atoms. The van der Waals surface area contributed by atoms with Crippen LogP contribution in [0.3, 0.4) is 0 Å². The largest absolute Gasteiger partial charge is 0.491 e. The minimum atomic E-state index is 0.327. The lowest BCUT2D eigenvalue weighted by molar-refractivity contribution is 0.415. The molecule has 0 saturated heterocycles. The molecule has 2 aromatic heterocycles. The summed E-state index contributed by atoms with van der Waals surface area (Å²) in [5, 5.41) is 1.00. The van der Waals surface area contributed by atoms with Crippen molar-refractivity contribution in [2.75, 3.05) is 12.8 Å². The molecule has 0 aliphatic rings. The van der Waals surface area contributed by atoms with Gasteiger partial charge in [0.05, 0.1) is 12.6 Å². The molecule has 0 aliphatic carbocycles. The summed E-state index contributed by atoms with van der Waals surface area (Å²) in [5.74, 6) is 0.812. The Morgan fingerprint density at radius 2 is 1.95 bits per heavy atom. The summed E-state index contributed by atoms with van der Waals surface area (Å²) in [6, 6.07) is 9.74. The normalized spacial score (nSPS) is 10.6. The number of hydrogen-bond donors (Lipinski definition) is 1. The summed E-state index contributed by atoms with van der Waals surface area (Å²) in [7, 11) is 1.56. The third-order valence-corrected chi connectivity index (χ3v) is 2.94. The summed E-state index contributed by atoms with van der Waals surface area (Å²) >= 11 is 0. The minimum Gasteiger partial charge on any atom is -0.491 e. The Bertz CT molecular complexity index is 737. The number of pyridine rings is 1. The first-order valence-electron chi connectivity index (χ1n) is 5.80. The highest BCUT2D eigenvalue weighted by Crippen LogP contribution is 2.34. The standard InChI is InChI=1S/C14H12N4O/c1-19-13-12(17-8-18-14(13)15)10-4-2-6-11-9(10)5-3-7-16-11/h2-8H,1H3,(H2,15,17,18). The lowest BCUT2D eigenvalue weighted by atomic mass is 10.0. The van der Waals surface area contributed by atoms with Crippen molar-refractivity contribution in [2.45, 2.75) is 0 Å². The predicted octanol–water partition coefficient (Wildman–Crippen LogP) is 2.28. The highest BCUT2D eigenvalue weighted by atomic mass is 16.5. The molecule has 3 aromatic rings. The van der Waals surface area contributed by atoms with Crippen molar-refractivity contribution in [3.63, 3.8) is 0 Å². The van der Waals surface area contributed by atoms with Gasteiger partial charge in [0, 0.05) is 17.1 Å². The van der Waals surface area contributed by atoms with Crippen LogP contribution < -0.4 is 10.5 Å². The molecule has 1 aromatic carbocycles. The molecule has 0 saturated carbocycles. The number of ether oxygens (including phenoxy) is 1. The molecule has 5 nitrogen and oxygen atoms in total. The summed E-state index contributed by atoms with van der Waals surface area (Å²) in [5.41, 5.74) is 8.33. The van der Waals surface area contributed by atoms with Gasteiger partial charge in [0.1, 0.15) is 12.0 Å². The molecule has 0 fully saturated rings. The van der Waals surface area contributed by atoms with Gasteiger partial charge in [-0.15, -0.1) is 0 Å². The van der Waals surface area contributed by atoms with Crippen LogP contribution in [0, 0.1) is 0 Å². The molecule has 2 N–H and O–H groups in total. The number of nitrogens with zero attached hydrogens (tertiary/aromatic N) is 3. The first-order chi connectivity index (χ1) is 9.31. The fraction of sp³-hybridized carbons (Fsp3) is 0.0714. The van der Waals surface area contributed by atoms with E-state index in [1.807, 2.05) is 30.3 Å². The number of nitrogens with two attached hydrogens (primary N) is 1. The van der Waals surface area contributed by atoms with Gasteiger partial charge in [-0.2, -0.15) is 0 Å². The van der Waals surface area contributed by atoms with Crippen LogP contribution in [-0.2, 0) is 0 Å². The van der Waals surface area contributed by atoms with Gasteiger partial charge in [-0.3, -0.25) is 4.98 Å². The molecule has 2 heterocycles. The van der Waals surface area contributed by atoms with E-state index in [1.54, 1.807) is 13.3 Å². The van der Waals surface area contributed by atoms with Crippen LogP contribution in [0.15, 0.2) is 42.9 Å². The number of nitrogen functional groups attached to an aromatic ring is 1. The lowest BCUT2D eigenvalue weighted by Crippen LogP contribution is -2.00. The van der Waals surface area contributed by atoms with E-state index >= 15 is 0 Å². The van der Waals surface area contributed by atoms with Crippen LogP contribution in [0.4, 0.5) is 5.82 Å². The van der Waals surface area contributed by atoms with Crippen molar-refractivity contribution in [3.05, 3.63) is 42.9 Å². The molecule has 19 heavy (non-hydrogen) atoms. The van der Waals surface area contributed by atoms with Gasteiger partial charge in [-0.1, -0.05) is 18.2 Å². The van der Waals surface area contributed by atoms with Gasteiger partial charge in [-0.25, -0.2) is 9.97 Å². The Balaban J connectivity index is 2.34. The number of aromatic nitrogens is 3. The fourth-order valence-electron chi connectivity index (χ4n) is 2.09. The number of rotatable bonds is 2. The van der Waals surface area contributed by atoms with Gasteiger partial charge >= 0.3 is 0 Å². The monoisotopic (exact) mass is 252 g/mol. The summed E-state index contributed by atoms with van der Waals surface area (Å²) in [6.07, 6.45) is 3.19. The van der Waals surface area contributed by atoms with Crippen LogP contribution in [0.1, 0.15) is 0 Å². The highest BCUT2D eigenvalue weighted by molar-refractivity contribution is 5.95. The van der Waals surface area contributed by atoms with Crippen molar-refractivity contribution in [1.29, 1.82) is 0 Å². The van der Waals surface area contributed by atoms with E-state index in [4.69, 9.17) is 10.5 Å². The van der Waals surface area contributed by atoms with Crippen molar-refractivity contribution in [3.8, 4) is 17.0 Å². The van der Waals surface area contributed by atoms with E-state index in [0.29, 0.717) is 17.3 Å². The summed E-state index contributed by atoms with van der Waals surface area (Å²) in [4.78, 5) is 12.6. The van der Waals surface area contributed by atoms with Crippen LogP contribution in [-0.4, -0.2) is 22.1 Å². The Labute approximate surface area is 110 Å². The molecular weight excluding hydrogens is 240 g/mol. The quantitative estimate of drug-likeness (QED) is 0.757. The number of benzene rings is 1. The van der Waals surface area contributed by atoms with Gasteiger partial charge in [-0.05, 0) is 12.1 Å². The number of anilines is 1. The SMILES string of the molecule is COc1c(N)ncnc1-c1cccc2ncccc12. The Morgan fingerprint density at radius 1 is 1.05 bits per heavy atom. The Morgan fingerprint density at radius 3 is 2.79 bits per heavy atom. The first-order valence-corrected chi connectivity index (χ1v) is 5.80. The second kappa shape index (κ2) is 4.53. The molecule has 0 atom stereocenters. The topological polar surface area (TPSA) is 73.9 Å². The number of fused-ring (bicyclic) bond motifs is 1. The zero-order valence-electron chi connectivity index (χ0n) is 10.4. The zero-order chi connectivity index (χ0) is 13.2. The maximum absolute atomic E-state index is 5.82. The number of methoxy groups -OCH3 is 1. The van der Waals surface area contributed by atoms with Gasteiger partial charge in [0.15, 0.2) is 11.6 Å². The summed E-state index contributed by atoms with van der Waals surface area (Å²) in [6.45, 7) is 0. The van der Waals surface area contributed by atoms with Crippen molar-refractivity contribution >= 4 is 16.7 Å². The zero-order valence-corrected chi connectivity index (χ0v) is 10.4. The molecule has 94 valence electrons. The molecule has 5 heteroatoms. The average molecular weight is 252 g/mol. The first kappa shape index (κ1) is 11.4. The van der Waals surface area contributed by atoms with Gasteiger partial charge in [0.25, 0.3) is 0 Å². The maximum Gasteiger partial charge on any atom is 0.187 e. The fourth-order valence-corrected chi connectivity index (χ4v) is 2.09. The molecule has 3 rings (SSSR count). The average Bonchev–Trinajstić information content (AvgIpc) is 2.46. The van der Waals surface area contributed by atoms with E-state index in [-0.39, 0.29) is 0 Å². The van der Waals surface area contributed by atoms with Gasteiger partial charge in [0.2, 0.25) is 0 Å². The smallest absolute Gasteiger partial charge is 0.187 e. The second-order valence-electron chi connectivity index (χ2n) is 4.02. The Kier molecular flexibility index (Phi) is 2.72. The van der Waals surface area contributed by atoms with E-state index < -0.39 is 0 Å². The van der Waals surface area contributed by atoms with Crippen molar-refractivity contribution in [2.24, 2.45) is 0 Å². The van der Waals surface area contributed by atoms with Crippen LogP contribution in [0.25, 0.3) is 22.2 Å². The molecular formula is C14H12N4O. The van der Waals surface area contributed by atoms with Crippen LogP contribution in [0.2, 0.25) is 0 Å². The third-order valence-electron chi connectivity index (χ3n) is 2.94. The van der Waals surface area contributed by atoms with Gasteiger partial charge < -0.3 is 10.5 Å². The third kappa shape index (κ3) is 1.85. The molecule has 0 spiro atoms. The van der Waals surface area contributed by atoms with E-state index in [2.05, 4.69) is 15.0 Å². The predicted molar refractivity (Wildman–Crippen MR) is 73.7 cm³/mol. The van der Waals surface area contributed by atoms with Crippen LogP contribution in [0.5, 0.6) is 5.75 Å². The van der Waals surface area contributed by atoms with E-state index in [9.17, 15) is 0 Å². The molecule has 0 unspecified atom stereocenters. The lowest BCUT2D eigenvalue weighted by Gasteiger charge is -2.10. The van der Waals surface area contributed by atoms with Crippen molar-refractivity contribution in [1.82, 2.24) is 15.0 Å². The minimum absolute atomic E-state index is 0.327. The molecule has 0 amide bonds. The maximum atomic E-state index is 5.82. The highest BCUT2D eigenvalue weighted by Gasteiger charge is 2.14. The Hall–Kier alpha value is -2.69. The second-order valence-corrected chi connectivity index (χ2v) is 4.02. The summed E-state index contributed by atoms with van der Waals surface area (Å²) < 4.78 is 5.31. The van der Waals surface area contributed by atoms with E-state index in [0.717, 1.165) is 16.5 Å². The van der Waals surface area contributed by atoms with E-state index in [1.165, 1.54) is 6.33 Å². The molecule has 0 radical (unpaired) electrons. The number of hydrogen-bond acceptors (Lipinski definition) is 5. The molecule has 0 aliphatic heterocycles. The van der Waals surface area contributed by atoms with Crippen LogP contribution >= 0.6 is 0 Å². The van der Waals surface area contributed by atoms with Crippen molar-refractivity contribution < 1.29 is 4.74 Å².